The average Bonchev–Trinajstić information content (AvgIpc) is 3.30. The number of hydrogen-bond acceptors (Lipinski definition) is 5. The van der Waals surface area contributed by atoms with Crippen LogP contribution in [0.2, 0.25) is 0 Å². The molecule has 6 nitrogen and oxygen atoms in total. The van der Waals surface area contributed by atoms with E-state index < -0.39 is 0 Å². The molecule has 7 heteroatoms. The largest absolute Gasteiger partial charge is 0.369 e. The summed E-state index contributed by atoms with van der Waals surface area (Å²) < 4.78 is 6.35. The van der Waals surface area contributed by atoms with Crippen LogP contribution in [0.5, 0.6) is 0 Å². The Balaban J connectivity index is 1.45. The maximum absolute atomic E-state index is 12.7. The summed E-state index contributed by atoms with van der Waals surface area (Å²) in [7, 11) is 0. The highest BCUT2D eigenvalue weighted by Crippen LogP contribution is 2.55. The highest BCUT2D eigenvalue weighted by atomic mass is 32.1. The van der Waals surface area contributed by atoms with Crippen molar-refractivity contribution in [3.05, 3.63) is 16.6 Å². The zero-order valence-corrected chi connectivity index (χ0v) is 15.8. The van der Waals surface area contributed by atoms with Crippen molar-refractivity contribution >= 4 is 23.2 Å². The molecule has 0 unspecified atom stereocenters. The topological polar surface area (TPSA) is 71.5 Å². The van der Waals surface area contributed by atoms with Crippen LogP contribution < -0.4 is 5.32 Å². The third kappa shape index (κ3) is 2.77. The van der Waals surface area contributed by atoms with E-state index >= 15 is 0 Å². The van der Waals surface area contributed by atoms with Crippen molar-refractivity contribution in [2.75, 3.05) is 19.6 Å². The molecular formula is C18H25N3O3S. The van der Waals surface area contributed by atoms with Gasteiger partial charge >= 0.3 is 0 Å². The van der Waals surface area contributed by atoms with Crippen molar-refractivity contribution in [2.45, 2.75) is 45.3 Å². The Morgan fingerprint density at radius 3 is 2.96 bits per heavy atom. The van der Waals surface area contributed by atoms with E-state index in [1.165, 1.54) is 11.3 Å². The number of hydrogen-bond donors (Lipinski definition) is 1. The normalized spacial score (nSPS) is 33.6. The van der Waals surface area contributed by atoms with Crippen molar-refractivity contribution in [3.63, 3.8) is 0 Å². The van der Waals surface area contributed by atoms with Crippen LogP contribution in [0.1, 0.15) is 44.1 Å². The number of thiazole rings is 1. The van der Waals surface area contributed by atoms with Crippen molar-refractivity contribution in [2.24, 2.45) is 17.3 Å². The first-order chi connectivity index (χ1) is 11.8. The van der Waals surface area contributed by atoms with Gasteiger partial charge in [-0.05, 0) is 12.8 Å². The highest BCUT2D eigenvalue weighted by Gasteiger charge is 2.63. The molecule has 4 atom stereocenters. The Labute approximate surface area is 151 Å². The molecule has 4 rings (SSSR count). The van der Waals surface area contributed by atoms with Crippen molar-refractivity contribution in [1.29, 1.82) is 0 Å². The van der Waals surface area contributed by atoms with Gasteiger partial charge in [-0.15, -0.1) is 11.3 Å². The Morgan fingerprint density at radius 2 is 2.28 bits per heavy atom. The number of nitrogens with zero attached hydrogens (tertiary/aromatic N) is 2. The molecule has 3 fully saturated rings. The molecule has 2 amide bonds. The van der Waals surface area contributed by atoms with Crippen molar-refractivity contribution in [3.8, 4) is 0 Å². The van der Waals surface area contributed by atoms with Gasteiger partial charge in [0.15, 0.2) is 0 Å². The molecule has 0 radical (unpaired) electrons. The summed E-state index contributed by atoms with van der Waals surface area (Å²) in [5.41, 5.74) is 1.57. The van der Waals surface area contributed by atoms with Crippen LogP contribution in [-0.2, 0) is 9.53 Å². The fourth-order valence-corrected chi connectivity index (χ4v) is 5.25. The van der Waals surface area contributed by atoms with E-state index in [9.17, 15) is 9.59 Å². The fourth-order valence-electron chi connectivity index (χ4n) is 4.72. The van der Waals surface area contributed by atoms with E-state index in [0.717, 1.165) is 19.4 Å². The smallest absolute Gasteiger partial charge is 0.270 e. The monoisotopic (exact) mass is 363 g/mol. The van der Waals surface area contributed by atoms with E-state index in [-0.39, 0.29) is 34.9 Å². The molecule has 1 spiro atoms. The first-order valence-corrected chi connectivity index (χ1v) is 9.88. The van der Waals surface area contributed by atoms with Crippen LogP contribution in [0.4, 0.5) is 0 Å². The van der Waals surface area contributed by atoms with Crippen molar-refractivity contribution in [1.82, 2.24) is 15.2 Å². The lowest BCUT2D eigenvalue weighted by atomic mass is 9.73. The second-order valence-corrected chi connectivity index (χ2v) is 9.27. The number of likely N-dealkylation sites (tertiary alicyclic amines) is 1. The van der Waals surface area contributed by atoms with E-state index in [4.69, 9.17) is 4.74 Å². The van der Waals surface area contributed by atoms with Gasteiger partial charge in [-0.25, -0.2) is 4.98 Å². The number of carbonyl (C=O) groups is 2. The molecule has 0 aliphatic carbocycles. The van der Waals surface area contributed by atoms with Gasteiger partial charge in [0.1, 0.15) is 5.69 Å². The molecule has 3 aliphatic rings. The predicted octanol–water partition coefficient (Wildman–Crippen LogP) is 1.92. The lowest BCUT2D eigenvalue weighted by molar-refractivity contribution is -0.139. The standard InChI is InChI=1S/C18H25N3O3S/c1-17(2,3)16(23)21-7-12-11(14-4-5-18(12,9-21)24-14)6-19-15(22)13-8-25-10-20-13/h8,10-12,14H,4-7,9H2,1-3H3,(H,19,22)/t11-,12+,14+,18+/m0/s1. The van der Waals surface area contributed by atoms with E-state index in [1.807, 2.05) is 25.7 Å². The van der Waals surface area contributed by atoms with Crippen molar-refractivity contribution < 1.29 is 14.3 Å². The Kier molecular flexibility index (Phi) is 3.92. The summed E-state index contributed by atoms with van der Waals surface area (Å²) in [5, 5.41) is 4.77. The van der Waals surface area contributed by atoms with E-state index in [2.05, 4.69) is 10.3 Å². The van der Waals surface area contributed by atoms with Gasteiger partial charge in [0, 0.05) is 35.7 Å². The molecule has 25 heavy (non-hydrogen) atoms. The Hall–Kier alpha value is -1.47. The van der Waals surface area contributed by atoms with E-state index in [0.29, 0.717) is 24.7 Å². The first kappa shape index (κ1) is 17.0. The Bertz CT molecular complexity index is 684. The molecule has 4 heterocycles. The van der Waals surface area contributed by atoms with Gasteiger partial charge in [0.2, 0.25) is 5.91 Å². The number of amides is 2. The summed E-state index contributed by atoms with van der Waals surface area (Å²) in [6.45, 7) is 7.91. The molecule has 0 aromatic carbocycles. The minimum Gasteiger partial charge on any atom is -0.369 e. The molecule has 0 saturated carbocycles. The molecule has 3 aliphatic heterocycles. The van der Waals surface area contributed by atoms with Crippen LogP contribution in [-0.4, -0.2) is 53.0 Å². The summed E-state index contributed by atoms with van der Waals surface area (Å²) in [6, 6.07) is 0. The molecule has 3 saturated heterocycles. The highest BCUT2D eigenvalue weighted by molar-refractivity contribution is 7.07. The second kappa shape index (κ2) is 5.77. The lowest BCUT2D eigenvalue weighted by Gasteiger charge is -2.29. The SMILES string of the molecule is CC(C)(C)C(=O)N1C[C@@H]2[C@H](CNC(=O)c3cscn3)[C@H]3CC[C@]2(C1)O3. The van der Waals surface area contributed by atoms with Crippen LogP contribution >= 0.6 is 11.3 Å². The first-order valence-electron chi connectivity index (χ1n) is 8.94. The summed E-state index contributed by atoms with van der Waals surface area (Å²) >= 11 is 1.42. The number of fused-ring (bicyclic) bond motifs is 1. The van der Waals surface area contributed by atoms with Gasteiger partial charge in [-0.1, -0.05) is 20.8 Å². The lowest BCUT2D eigenvalue weighted by Crippen LogP contribution is -2.42. The van der Waals surface area contributed by atoms with Gasteiger partial charge in [0.05, 0.1) is 23.8 Å². The molecule has 1 aromatic heterocycles. The zero-order valence-electron chi connectivity index (χ0n) is 14.9. The number of carbonyl (C=O) groups excluding carboxylic acids is 2. The molecule has 1 N–H and O–H groups in total. The molecule has 136 valence electrons. The van der Waals surface area contributed by atoms with E-state index in [1.54, 1.807) is 10.9 Å². The number of aromatic nitrogens is 1. The summed E-state index contributed by atoms with van der Waals surface area (Å²) in [5.74, 6) is 0.648. The fraction of sp³-hybridized carbons (Fsp3) is 0.722. The van der Waals surface area contributed by atoms with Gasteiger partial charge in [0.25, 0.3) is 5.91 Å². The third-order valence-electron chi connectivity index (χ3n) is 5.88. The van der Waals surface area contributed by atoms with Gasteiger partial charge in [-0.3, -0.25) is 9.59 Å². The maximum Gasteiger partial charge on any atom is 0.270 e. The quantitative estimate of drug-likeness (QED) is 0.891. The Morgan fingerprint density at radius 1 is 1.48 bits per heavy atom. The molecule has 1 aromatic rings. The molecule has 2 bridgehead atoms. The van der Waals surface area contributed by atoms with Gasteiger partial charge < -0.3 is 15.0 Å². The second-order valence-electron chi connectivity index (χ2n) is 8.55. The predicted molar refractivity (Wildman–Crippen MR) is 94.3 cm³/mol. The number of nitrogens with one attached hydrogen (secondary N) is 1. The minimum atomic E-state index is -0.373. The maximum atomic E-state index is 12.7. The average molecular weight is 363 g/mol. The summed E-state index contributed by atoms with van der Waals surface area (Å²) in [6.07, 6.45) is 2.24. The zero-order chi connectivity index (χ0) is 17.8. The third-order valence-corrected chi connectivity index (χ3v) is 6.46. The minimum absolute atomic E-state index is 0.126. The van der Waals surface area contributed by atoms with Crippen LogP contribution in [0.25, 0.3) is 0 Å². The summed E-state index contributed by atoms with van der Waals surface area (Å²) in [4.78, 5) is 30.9. The van der Waals surface area contributed by atoms with Crippen LogP contribution in [0.15, 0.2) is 10.9 Å². The van der Waals surface area contributed by atoms with Gasteiger partial charge in [-0.2, -0.15) is 0 Å². The number of ether oxygens (including phenoxy) is 1. The molecular weight excluding hydrogens is 338 g/mol. The van der Waals surface area contributed by atoms with Crippen LogP contribution in [0, 0.1) is 17.3 Å². The number of rotatable bonds is 3. The van der Waals surface area contributed by atoms with Crippen LogP contribution in [0.3, 0.4) is 0 Å².